The molecule has 0 atom stereocenters. The summed E-state index contributed by atoms with van der Waals surface area (Å²) in [6.07, 6.45) is 3.48. The Morgan fingerprint density at radius 3 is 2.93 bits per heavy atom. The van der Waals surface area contributed by atoms with Gasteiger partial charge in [0, 0.05) is 25.2 Å². The van der Waals surface area contributed by atoms with E-state index in [1.807, 2.05) is 0 Å². The van der Waals surface area contributed by atoms with Crippen LogP contribution in [0.15, 0.2) is 10.9 Å². The number of halogens is 1. The zero-order chi connectivity index (χ0) is 10.4. The third-order valence-corrected chi connectivity index (χ3v) is 3.21. The summed E-state index contributed by atoms with van der Waals surface area (Å²) in [4.78, 5) is 17.7. The standard InChI is InChI=1S/C10H12ClN3O/c11-8-6-9-13(7-2-3-7)4-1-5-14(9)10(15)12-8/h6-7H,1-5H2. The molecule has 2 aliphatic rings. The predicted molar refractivity (Wildman–Crippen MR) is 58.5 cm³/mol. The number of rotatable bonds is 1. The van der Waals surface area contributed by atoms with Crippen LogP contribution in [0.5, 0.6) is 0 Å². The average molecular weight is 226 g/mol. The number of hydrogen-bond acceptors (Lipinski definition) is 3. The van der Waals surface area contributed by atoms with Crippen LogP contribution < -0.4 is 10.6 Å². The minimum atomic E-state index is -0.220. The molecule has 1 saturated carbocycles. The number of nitrogens with zero attached hydrogens (tertiary/aromatic N) is 3. The molecule has 0 amide bonds. The summed E-state index contributed by atoms with van der Waals surface area (Å²) in [6, 6.07) is 2.43. The lowest BCUT2D eigenvalue weighted by atomic mass is 10.3. The van der Waals surface area contributed by atoms with Crippen molar-refractivity contribution in [2.45, 2.75) is 31.8 Å². The predicted octanol–water partition coefficient (Wildman–Crippen LogP) is 1.27. The zero-order valence-electron chi connectivity index (χ0n) is 8.32. The first-order valence-corrected chi connectivity index (χ1v) is 5.67. The van der Waals surface area contributed by atoms with Crippen molar-refractivity contribution >= 4 is 17.4 Å². The molecule has 1 aliphatic carbocycles. The summed E-state index contributed by atoms with van der Waals surface area (Å²) < 4.78 is 1.73. The van der Waals surface area contributed by atoms with Crippen LogP contribution in [-0.4, -0.2) is 22.1 Å². The summed E-state index contributed by atoms with van der Waals surface area (Å²) in [5, 5.41) is 0.304. The molecule has 15 heavy (non-hydrogen) atoms. The van der Waals surface area contributed by atoms with Gasteiger partial charge in [0.1, 0.15) is 11.0 Å². The Labute approximate surface area is 92.5 Å². The molecule has 0 radical (unpaired) electrons. The van der Waals surface area contributed by atoms with Crippen LogP contribution in [0.2, 0.25) is 5.15 Å². The maximum atomic E-state index is 11.6. The monoisotopic (exact) mass is 225 g/mol. The Balaban J connectivity index is 2.12. The first-order chi connectivity index (χ1) is 7.25. The molecule has 0 N–H and O–H groups in total. The zero-order valence-corrected chi connectivity index (χ0v) is 9.07. The molecule has 1 aliphatic heterocycles. The van der Waals surface area contributed by atoms with Gasteiger partial charge < -0.3 is 4.90 Å². The van der Waals surface area contributed by atoms with Crippen LogP contribution in [-0.2, 0) is 6.54 Å². The van der Waals surface area contributed by atoms with Gasteiger partial charge in [0.25, 0.3) is 0 Å². The Morgan fingerprint density at radius 1 is 1.40 bits per heavy atom. The quantitative estimate of drug-likeness (QED) is 0.676. The first kappa shape index (κ1) is 9.21. The minimum absolute atomic E-state index is 0.220. The van der Waals surface area contributed by atoms with E-state index in [2.05, 4.69) is 9.88 Å². The van der Waals surface area contributed by atoms with E-state index < -0.39 is 0 Å². The molecule has 4 nitrogen and oxygen atoms in total. The number of hydrogen-bond donors (Lipinski definition) is 0. The maximum Gasteiger partial charge on any atom is 0.350 e. The molecule has 80 valence electrons. The van der Waals surface area contributed by atoms with Gasteiger partial charge in [0.2, 0.25) is 0 Å². The van der Waals surface area contributed by atoms with Crippen LogP contribution >= 0.6 is 11.6 Å². The summed E-state index contributed by atoms with van der Waals surface area (Å²) in [5.74, 6) is 0.953. The lowest BCUT2D eigenvalue weighted by molar-refractivity contribution is 0.533. The fourth-order valence-electron chi connectivity index (χ4n) is 2.18. The second kappa shape index (κ2) is 3.23. The Morgan fingerprint density at radius 2 is 2.20 bits per heavy atom. The molecule has 1 aromatic rings. The SMILES string of the molecule is O=c1nc(Cl)cc2n1CCCN2C1CC1. The topological polar surface area (TPSA) is 38.1 Å². The second-order valence-electron chi connectivity index (χ2n) is 4.15. The molecule has 3 rings (SSSR count). The van der Waals surface area contributed by atoms with Crippen LogP contribution in [0.3, 0.4) is 0 Å². The van der Waals surface area contributed by atoms with Gasteiger partial charge >= 0.3 is 5.69 Å². The van der Waals surface area contributed by atoms with Crippen molar-refractivity contribution in [2.75, 3.05) is 11.4 Å². The molecule has 0 spiro atoms. The van der Waals surface area contributed by atoms with Gasteiger partial charge in [-0.3, -0.25) is 4.57 Å². The van der Waals surface area contributed by atoms with Gasteiger partial charge in [0.05, 0.1) is 0 Å². The summed E-state index contributed by atoms with van der Waals surface area (Å²) in [6.45, 7) is 1.80. The fourth-order valence-corrected chi connectivity index (χ4v) is 2.35. The number of anilines is 1. The third kappa shape index (κ3) is 1.53. The fraction of sp³-hybridized carbons (Fsp3) is 0.600. The normalized spacial score (nSPS) is 20.2. The first-order valence-electron chi connectivity index (χ1n) is 5.30. The smallest absolute Gasteiger partial charge is 0.350 e. The van der Waals surface area contributed by atoms with Crippen LogP contribution in [0.25, 0.3) is 0 Å². The highest BCUT2D eigenvalue weighted by Crippen LogP contribution is 2.33. The molecular weight excluding hydrogens is 214 g/mol. The lowest BCUT2D eigenvalue weighted by Gasteiger charge is -2.31. The molecule has 2 heterocycles. The summed E-state index contributed by atoms with van der Waals surface area (Å²) >= 11 is 5.82. The Bertz CT molecular complexity index is 452. The van der Waals surface area contributed by atoms with E-state index in [4.69, 9.17) is 11.6 Å². The minimum Gasteiger partial charge on any atom is -0.355 e. The molecule has 0 saturated heterocycles. The van der Waals surface area contributed by atoms with E-state index in [-0.39, 0.29) is 5.69 Å². The number of fused-ring (bicyclic) bond motifs is 1. The van der Waals surface area contributed by atoms with Gasteiger partial charge in [-0.05, 0) is 19.3 Å². The lowest BCUT2D eigenvalue weighted by Crippen LogP contribution is -2.39. The van der Waals surface area contributed by atoms with Crippen LogP contribution in [0.1, 0.15) is 19.3 Å². The Hall–Kier alpha value is -1.03. The van der Waals surface area contributed by atoms with Gasteiger partial charge in [-0.2, -0.15) is 4.98 Å². The van der Waals surface area contributed by atoms with Crippen molar-refractivity contribution in [3.63, 3.8) is 0 Å². The maximum absolute atomic E-state index is 11.6. The highest BCUT2D eigenvalue weighted by Gasteiger charge is 2.32. The molecule has 0 unspecified atom stereocenters. The summed E-state index contributed by atoms with van der Waals surface area (Å²) in [7, 11) is 0. The highest BCUT2D eigenvalue weighted by atomic mass is 35.5. The molecule has 0 aromatic carbocycles. The molecule has 1 fully saturated rings. The van der Waals surface area contributed by atoms with E-state index in [0.29, 0.717) is 11.2 Å². The van der Waals surface area contributed by atoms with E-state index >= 15 is 0 Å². The van der Waals surface area contributed by atoms with Crippen LogP contribution in [0, 0.1) is 0 Å². The van der Waals surface area contributed by atoms with Crippen molar-refractivity contribution in [1.82, 2.24) is 9.55 Å². The van der Waals surface area contributed by atoms with E-state index in [9.17, 15) is 4.79 Å². The average Bonchev–Trinajstić information content (AvgIpc) is 3.00. The Kier molecular flexibility index (Phi) is 1.99. The molecule has 1 aromatic heterocycles. The van der Waals surface area contributed by atoms with Crippen LogP contribution in [0.4, 0.5) is 5.82 Å². The molecule has 5 heteroatoms. The number of aromatic nitrogens is 2. The van der Waals surface area contributed by atoms with Crippen molar-refractivity contribution < 1.29 is 0 Å². The second-order valence-corrected chi connectivity index (χ2v) is 4.54. The highest BCUT2D eigenvalue weighted by molar-refractivity contribution is 6.29. The van der Waals surface area contributed by atoms with Gasteiger partial charge in [-0.25, -0.2) is 4.79 Å². The van der Waals surface area contributed by atoms with Gasteiger partial charge in [-0.1, -0.05) is 11.6 Å². The molecular formula is C10H12ClN3O. The summed E-state index contributed by atoms with van der Waals surface area (Å²) in [5.41, 5.74) is -0.220. The van der Waals surface area contributed by atoms with E-state index in [0.717, 1.165) is 25.3 Å². The van der Waals surface area contributed by atoms with Gasteiger partial charge in [-0.15, -0.1) is 0 Å². The largest absolute Gasteiger partial charge is 0.355 e. The third-order valence-electron chi connectivity index (χ3n) is 3.02. The van der Waals surface area contributed by atoms with E-state index in [1.54, 1.807) is 10.6 Å². The van der Waals surface area contributed by atoms with Crippen molar-refractivity contribution in [2.24, 2.45) is 0 Å². The van der Waals surface area contributed by atoms with Crippen molar-refractivity contribution in [3.05, 3.63) is 21.7 Å². The van der Waals surface area contributed by atoms with Gasteiger partial charge in [0.15, 0.2) is 0 Å². The molecule has 0 bridgehead atoms. The van der Waals surface area contributed by atoms with E-state index in [1.165, 1.54) is 12.8 Å². The van der Waals surface area contributed by atoms with Crippen molar-refractivity contribution in [3.8, 4) is 0 Å². The van der Waals surface area contributed by atoms with Crippen molar-refractivity contribution in [1.29, 1.82) is 0 Å².